The molecule has 0 saturated heterocycles. The zero-order valence-electron chi connectivity index (χ0n) is 19.4. The molecule has 200 valence electrons. The first-order chi connectivity index (χ1) is 17.0. The number of benzene rings is 3. The SMILES string of the molecule is CCCn1cc[n+](C)c1.O=S(=O)(c1c2ccccc2c(S(=O)(=O)C(F)(F)F)c2ccccc12)C(F)(F)F. The van der Waals surface area contributed by atoms with E-state index in [-0.39, 0.29) is 0 Å². The molecule has 0 unspecified atom stereocenters. The molecule has 0 fully saturated rings. The normalized spacial score (nSPS) is 13.0. The van der Waals surface area contributed by atoms with E-state index in [9.17, 15) is 43.2 Å². The van der Waals surface area contributed by atoms with Gasteiger partial charge in [-0.25, -0.2) is 26.0 Å². The zero-order valence-corrected chi connectivity index (χ0v) is 21.0. The van der Waals surface area contributed by atoms with Crippen molar-refractivity contribution in [1.29, 1.82) is 0 Å². The van der Waals surface area contributed by atoms with Crippen LogP contribution in [0.25, 0.3) is 21.5 Å². The van der Waals surface area contributed by atoms with Crippen molar-refractivity contribution in [2.24, 2.45) is 7.05 Å². The lowest BCUT2D eigenvalue weighted by Gasteiger charge is -2.18. The molecule has 0 aliphatic carbocycles. The predicted octanol–water partition coefficient (Wildman–Crippen LogP) is 5.30. The van der Waals surface area contributed by atoms with Crippen LogP contribution in [0.15, 0.2) is 77.0 Å². The Bertz CT molecular complexity index is 1500. The number of fused-ring (bicyclic) bond motifs is 2. The summed E-state index contributed by atoms with van der Waals surface area (Å²) in [4.78, 5) is -2.60. The number of rotatable bonds is 4. The van der Waals surface area contributed by atoms with Crippen molar-refractivity contribution in [3.63, 3.8) is 0 Å². The van der Waals surface area contributed by atoms with E-state index in [1.165, 1.54) is 6.42 Å². The van der Waals surface area contributed by atoms with Gasteiger partial charge in [-0.05, 0) is 6.42 Å². The minimum atomic E-state index is -6.00. The van der Waals surface area contributed by atoms with Gasteiger partial charge in [0, 0.05) is 21.5 Å². The monoisotopic (exact) mass is 567 g/mol. The number of hydrogen-bond donors (Lipinski definition) is 0. The summed E-state index contributed by atoms with van der Waals surface area (Å²) in [6.07, 6.45) is 7.43. The molecule has 0 amide bonds. The lowest BCUT2D eigenvalue weighted by atomic mass is 10.0. The quantitative estimate of drug-likeness (QED) is 0.191. The van der Waals surface area contributed by atoms with Gasteiger partial charge in [0.2, 0.25) is 6.33 Å². The van der Waals surface area contributed by atoms with E-state index in [2.05, 4.69) is 34.8 Å². The second-order valence-corrected chi connectivity index (χ2v) is 11.7. The standard InChI is InChI=1S/C16H8F6O4S2.C7H13N2/c17-15(18,19)27(23,24)13-9-5-1-2-6-10(9)14(28(25,26)16(20,21)22)12-8-4-3-7-11(12)13;1-3-4-9-6-5-8(2)7-9/h1-8H;5-7H,3-4H2,1-2H3/q;+1. The molecule has 3 aromatic carbocycles. The van der Waals surface area contributed by atoms with Gasteiger partial charge in [0.1, 0.15) is 12.4 Å². The van der Waals surface area contributed by atoms with E-state index in [0.29, 0.717) is 0 Å². The van der Waals surface area contributed by atoms with Crippen molar-refractivity contribution in [2.75, 3.05) is 0 Å². The molecule has 14 heteroatoms. The average molecular weight is 568 g/mol. The third kappa shape index (κ3) is 5.30. The van der Waals surface area contributed by atoms with Crippen LogP contribution >= 0.6 is 0 Å². The Morgan fingerprint density at radius 1 is 0.730 bits per heavy atom. The second-order valence-electron chi connectivity index (χ2n) is 7.96. The molecule has 1 heterocycles. The van der Waals surface area contributed by atoms with E-state index < -0.39 is 62.0 Å². The van der Waals surface area contributed by atoms with Crippen LogP contribution in [-0.4, -0.2) is 32.4 Å². The summed E-state index contributed by atoms with van der Waals surface area (Å²) in [5.41, 5.74) is -11.5. The van der Waals surface area contributed by atoms with Crippen LogP contribution in [0.2, 0.25) is 0 Å². The number of nitrogens with zero attached hydrogens (tertiary/aromatic N) is 2. The van der Waals surface area contributed by atoms with Gasteiger partial charge in [-0.3, -0.25) is 0 Å². The van der Waals surface area contributed by atoms with Crippen LogP contribution in [0.3, 0.4) is 0 Å². The van der Waals surface area contributed by atoms with Crippen LogP contribution in [-0.2, 0) is 33.3 Å². The van der Waals surface area contributed by atoms with Gasteiger partial charge >= 0.3 is 11.0 Å². The lowest BCUT2D eigenvalue weighted by molar-refractivity contribution is -0.671. The van der Waals surface area contributed by atoms with Crippen molar-refractivity contribution in [1.82, 2.24) is 4.57 Å². The highest BCUT2D eigenvalue weighted by molar-refractivity contribution is 7.93. The number of sulfone groups is 2. The van der Waals surface area contributed by atoms with Crippen molar-refractivity contribution in [3.8, 4) is 0 Å². The minimum absolute atomic E-state index is 0.777. The van der Waals surface area contributed by atoms with Gasteiger partial charge in [-0.1, -0.05) is 55.5 Å². The number of imidazole rings is 1. The molecule has 4 aromatic rings. The van der Waals surface area contributed by atoms with E-state index in [4.69, 9.17) is 0 Å². The Morgan fingerprint density at radius 3 is 1.32 bits per heavy atom. The maximum atomic E-state index is 13.2. The van der Waals surface area contributed by atoms with Crippen LogP contribution in [0.1, 0.15) is 13.3 Å². The second kappa shape index (κ2) is 9.97. The van der Waals surface area contributed by atoms with Crippen molar-refractivity contribution >= 4 is 41.2 Å². The van der Waals surface area contributed by atoms with Crippen molar-refractivity contribution in [2.45, 2.75) is 40.7 Å². The van der Waals surface area contributed by atoms with Gasteiger partial charge in [-0.15, -0.1) is 0 Å². The summed E-state index contributed by atoms with van der Waals surface area (Å²) in [5, 5.41) is -3.11. The number of alkyl halides is 6. The highest BCUT2D eigenvalue weighted by Gasteiger charge is 2.51. The predicted molar refractivity (Wildman–Crippen MR) is 124 cm³/mol. The minimum Gasteiger partial charge on any atom is -0.240 e. The van der Waals surface area contributed by atoms with Gasteiger partial charge in [0.25, 0.3) is 19.7 Å². The highest BCUT2D eigenvalue weighted by atomic mass is 32.2. The third-order valence-electron chi connectivity index (χ3n) is 5.29. The van der Waals surface area contributed by atoms with E-state index in [1.807, 2.05) is 7.05 Å². The van der Waals surface area contributed by atoms with Crippen LogP contribution in [0.4, 0.5) is 26.3 Å². The first kappa shape index (κ1) is 28.4. The van der Waals surface area contributed by atoms with E-state index >= 15 is 0 Å². The van der Waals surface area contributed by atoms with Gasteiger partial charge in [0.15, 0.2) is 0 Å². The molecule has 0 N–H and O–H groups in total. The summed E-state index contributed by atoms with van der Waals surface area (Å²) in [5.74, 6) is 0. The molecule has 6 nitrogen and oxygen atoms in total. The molecule has 4 rings (SSSR count). The summed E-state index contributed by atoms with van der Waals surface area (Å²) in [7, 11) is -9.97. The fraction of sp³-hybridized carbons (Fsp3) is 0.261. The summed E-state index contributed by atoms with van der Waals surface area (Å²) >= 11 is 0. The molecule has 0 saturated carbocycles. The Labute approximate surface area is 208 Å². The molecular weight excluding hydrogens is 546 g/mol. The first-order valence-electron chi connectivity index (χ1n) is 10.6. The van der Waals surface area contributed by atoms with Gasteiger partial charge in [0.05, 0.1) is 23.4 Å². The van der Waals surface area contributed by atoms with E-state index in [0.717, 1.165) is 55.1 Å². The molecule has 1 aromatic heterocycles. The fourth-order valence-corrected chi connectivity index (χ4v) is 6.08. The molecule has 37 heavy (non-hydrogen) atoms. The summed E-state index contributed by atoms with van der Waals surface area (Å²) in [6.45, 7) is 3.31. The molecule has 0 atom stereocenters. The van der Waals surface area contributed by atoms with Crippen LogP contribution < -0.4 is 4.57 Å². The summed E-state index contributed by atoms with van der Waals surface area (Å²) < 4.78 is 132. The Kier molecular flexibility index (Phi) is 7.66. The van der Waals surface area contributed by atoms with E-state index in [1.54, 1.807) is 0 Å². The highest BCUT2D eigenvalue weighted by Crippen LogP contribution is 2.45. The number of halogens is 6. The number of aryl methyl sites for hydroxylation is 2. The smallest absolute Gasteiger partial charge is 0.240 e. The third-order valence-corrected chi connectivity index (χ3v) is 8.46. The maximum Gasteiger partial charge on any atom is 0.501 e. The molecule has 0 aliphatic rings. The topological polar surface area (TPSA) is 77.1 Å². The Balaban J connectivity index is 0.000000356. The van der Waals surface area contributed by atoms with Gasteiger partial charge < -0.3 is 0 Å². The van der Waals surface area contributed by atoms with Crippen LogP contribution in [0.5, 0.6) is 0 Å². The Hall–Kier alpha value is -3.13. The zero-order chi connectivity index (χ0) is 27.8. The average Bonchev–Trinajstić information content (AvgIpc) is 3.20. The first-order valence-corrected chi connectivity index (χ1v) is 13.6. The summed E-state index contributed by atoms with van der Waals surface area (Å²) in [6, 6.07) is 7.69. The number of aromatic nitrogens is 2. The van der Waals surface area contributed by atoms with Crippen LogP contribution in [0, 0.1) is 0 Å². The molecular formula is C23H21F6N2O4S2+. The van der Waals surface area contributed by atoms with Crippen molar-refractivity contribution in [3.05, 3.63) is 67.3 Å². The fourth-order valence-electron chi connectivity index (χ4n) is 3.75. The largest absolute Gasteiger partial charge is 0.501 e. The molecule has 0 aliphatic heterocycles. The molecule has 0 bridgehead atoms. The molecule has 0 spiro atoms. The maximum absolute atomic E-state index is 13.2. The Morgan fingerprint density at radius 2 is 1.08 bits per heavy atom. The molecule has 0 radical (unpaired) electrons. The lowest BCUT2D eigenvalue weighted by Crippen LogP contribution is -2.26. The van der Waals surface area contributed by atoms with Gasteiger partial charge in [-0.2, -0.15) is 26.3 Å². The van der Waals surface area contributed by atoms with Crippen molar-refractivity contribution < 1.29 is 47.7 Å². The number of hydrogen-bond acceptors (Lipinski definition) is 4.